The van der Waals surface area contributed by atoms with E-state index in [1.165, 1.54) is 11.1 Å². The smallest absolute Gasteiger partial charge is 0.170 e. The zero-order chi connectivity index (χ0) is 21.1. The summed E-state index contributed by atoms with van der Waals surface area (Å²) in [5, 5.41) is 13.8. The monoisotopic (exact) mass is 397 g/mol. The Morgan fingerprint density at radius 3 is 2.80 bits per heavy atom. The normalized spacial score (nSPS) is 14.8. The molecular formula is C24H23N5O. The number of rotatable bonds is 2. The number of likely N-dealkylation sites (N-methyl/N-ethyl adjacent to an activating group) is 1. The Morgan fingerprint density at radius 1 is 1.17 bits per heavy atom. The van der Waals surface area contributed by atoms with E-state index in [0.29, 0.717) is 11.4 Å². The molecule has 0 bridgehead atoms. The summed E-state index contributed by atoms with van der Waals surface area (Å²) in [6.45, 7) is 2.00. The third kappa shape index (κ3) is 3.97. The Bertz CT molecular complexity index is 1230. The highest BCUT2D eigenvalue weighted by Gasteiger charge is 2.12. The van der Waals surface area contributed by atoms with E-state index >= 15 is 0 Å². The highest BCUT2D eigenvalue weighted by atomic mass is 16.4. The van der Waals surface area contributed by atoms with Gasteiger partial charge in [-0.15, -0.1) is 0 Å². The molecule has 6 heteroatoms. The van der Waals surface area contributed by atoms with Gasteiger partial charge in [-0.05, 0) is 42.8 Å². The molecular weight excluding hydrogens is 374 g/mol. The molecule has 0 radical (unpaired) electrons. The van der Waals surface area contributed by atoms with Crippen molar-refractivity contribution in [3.8, 4) is 11.8 Å². The molecule has 0 amide bonds. The van der Waals surface area contributed by atoms with Crippen LogP contribution in [0.15, 0.2) is 59.9 Å². The van der Waals surface area contributed by atoms with Gasteiger partial charge in [-0.3, -0.25) is 0 Å². The highest BCUT2D eigenvalue weighted by Crippen LogP contribution is 2.29. The number of hydrogen-bond acceptors (Lipinski definition) is 5. The lowest BCUT2D eigenvalue weighted by Crippen LogP contribution is -2.23. The summed E-state index contributed by atoms with van der Waals surface area (Å²) in [6, 6.07) is 13.5. The van der Waals surface area contributed by atoms with Crippen LogP contribution in [-0.4, -0.2) is 41.1 Å². The van der Waals surface area contributed by atoms with E-state index < -0.39 is 0 Å². The third-order valence-electron chi connectivity index (χ3n) is 5.31. The summed E-state index contributed by atoms with van der Waals surface area (Å²) in [5.41, 5.74) is 16.5. The number of pyridine rings is 1. The minimum Gasteiger partial charge on any atom is -0.409 e. The van der Waals surface area contributed by atoms with Crippen LogP contribution in [0.25, 0.3) is 16.3 Å². The van der Waals surface area contributed by atoms with Gasteiger partial charge in [-0.1, -0.05) is 47.3 Å². The minimum atomic E-state index is 0.0503. The standard InChI is InChI=1S/C24H23N5O/c1-29-11-9-17(10-12-29)18-7-8-21-22(14-18)20(15-27-24(21)26)6-5-16-3-2-4-19(13-16)23(25)28-30/h2-4,7-9,13-15,30H,10-12H2,1H3,(H2,25,28)(H2,26,27). The van der Waals surface area contributed by atoms with Crippen molar-refractivity contribution in [3.05, 3.63) is 77.0 Å². The number of benzene rings is 2. The van der Waals surface area contributed by atoms with Gasteiger partial charge < -0.3 is 21.6 Å². The molecule has 0 spiro atoms. The maximum atomic E-state index is 8.88. The maximum absolute atomic E-state index is 8.88. The first kappa shape index (κ1) is 19.5. The van der Waals surface area contributed by atoms with Crippen LogP contribution in [0.5, 0.6) is 0 Å². The fourth-order valence-electron chi connectivity index (χ4n) is 3.55. The second-order valence-electron chi connectivity index (χ2n) is 7.38. The number of nitrogens with two attached hydrogens (primary N) is 2. The van der Waals surface area contributed by atoms with Crippen LogP contribution in [0, 0.1) is 11.8 Å². The summed E-state index contributed by atoms with van der Waals surface area (Å²) >= 11 is 0. The third-order valence-corrected chi connectivity index (χ3v) is 5.31. The fourth-order valence-corrected chi connectivity index (χ4v) is 3.55. The molecule has 30 heavy (non-hydrogen) atoms. The van der Waals surface area contributed by atoms with Crippen molar-refractivity contribution in [1.29, 1.82) is 0 Å². The van der Waals surface area contributed by atoms with Gasteiger partial charge in [-0.25, -0.2) is 4.98 Å². The number of anilines is 1. The predicted octanol–water partition coefficient (Wildman–Crippen LogP) is 3.03. The summed E-state index contributed by atoms with van der Waals surface area (Å²) < 4.78 is 0. The molecule has 1 aliphatic heterocycles. The van der Waals surface area contributed by atoms with Crippen LogP contribution in [0.2, 0.25) is 0 Å². The van der Waals surface area contributed by atoms with E-state index in [4.69, 9.17) is 16.7 Å². The largest absolute Gasteiger partial charge is 0.409 e. The molecule has 4 rings (SSSR count). The van der Waals surface area contributed by atoms with Gasteiger partial charge >= 0.3 is 0 Å². The molecule has 0 saturated carbocycles. The molecule has 5 N–H and O–H groups in total. The van der Waals surface area contributed by atoms with Gasteiger partial charge in [0.05, 0.1) is 5.56 Å². The lowest BCUT2D eigenvalue weighted by atomic mass is 9.96. The lowest BCUT2D eigenvalue weighted by molar-refractivity contribution is 0.318. The van der Waals surface area contributed by atoms with Crippen LogP contribution >= 0.6 is 0 Å². The Kier molecular flexibility index (Phi) is 5.38. The zero-order valence-corrected chi connectivity index (χ0v) is 16.8. The SMILES string of the molecule is CN1CC=C(c2ccc3c(N)ncc(C#Cc4cccc(C(N)=NO)c4)c3c2)CC1. The second-order valence-corrected chi connectivity index (χ2v) is 7.38. The van der Waals surface area contributed by atoms with Crippen molar-refractivity contribution in [2.24, 2.45) is 10.9 Å². The van der Waals surface area contributed by atoms with Crippen molar-refractivity contribution in [2.45, 2.75) is 6.42 Å². The number of nitrogen functional groups attached to an aromatic ring is 1. The molecule has 6 nitrogen and oxygen atoms in total. The van der Waals surface area contributed by atoms with E-state index in [2.05, 4.69) is 52.1 Å². The molecule has 3 aromatic rings. The molecule has 0 atom stereocenters. The highest BCUT2D eigenvalue weighted by molar-refractivity contribution is 5.98. The Morgan fingerprint density at radius 2 is 2.03 bits per heavy atom. The lowest BCUT2D eigenvalue weighted by Gasteiger charge is -2.22. The topological polar surface area (TPSA) is 101 Å². The van der Waals surface area contributed by atoms with Crippen molar-refractivity contribution in [2.75, 3.05) is 25.9 Å². The quantitative estimate of drug-likeness (QED) is 0.203. The summed E-state index contributed by atoms with van der Waals surface area (Å²) in [7, 11) is 2.13. The first-order valence-corrected chi connectivity index (χ1v) is 9.71. The van der Waals surface area contributed by atoms with E-state index in [-0.39, 0.29) is 5.84 Å². The van der Waals surface area contributed by atoms with Crippen molar-refractivity contribution >= 4 is 28.0 Å². The maximum Gasteiger partial charge on any atom is 0.170 e. The molecule has 0 aliphatic carbocycles. The van der Waals surface area contributed by atoms with Crippen LogP contribution in [0.3, 0.4) is 0 Å². The minimum absolute atomic E-state index is 0.0503. The van der Waals surface area contributed by atoms with E-state index in [1.807, 2.05) is 18.2 Å². The molecule has 1 aromatic heterocycles. The number of oxime groups is 1. The van der Waals surface area contributed by atoms with Gasteiger partial charge in [0.15, 0.2) is 5.84 Å². The summed E-state index contributed by atoms with van der Waals surface area (Å²) in [4.78, 5) is 6.61. The predicted molar refractivity (Wildman–Crippen MR) is 121 cm³/mol. The van der Waals surface area contributed by atoms with Crippen molar-refractivity contribution < 1.29 is 5.21 Å². The van der Waals surface area contributed by atoms with Crippen LogP contribution < -0.4 is 11.5 Å². The van der Waals surface area contributed by atoms with Crippen molar-refractivity contribution in [3.63, 3.8) is 0 Å². The summed E-state index contributed by atoms with van der Waals surface area (Å²) in [5.74, 6) is 6.91. The molecule has 150 valence electrons. The Balaban J connectivity index is 1.76. The van der Waals surface area contributed by atoms with Crippen LogP contribution in [-0.2, 0) is 0 Å². The number of aromatic nitrogens is 1. The molecule has 2 heterocycles. The first-order chi connectivity index (χ1) is 14.5. The first-order valence-electron chi connectivity index (χ1n) is 9.71. The molecule has 0 saturated heterocycles. The van der Waals surface area contributed by atoms with Crippen LogP contribution in [0.4, 0.5) is 5.82 Å². The molecule has 2 aromatic carbocycles. The van der Waals surface area contributed by atoms with Crippen LogP contribution in [0.1, 0.15) is 28.7 Å². The number of fused-ring (bicyclic) bond motifs is 1. The van der Waals surface area contributed by atoms with E-state index in [1.54, 1.807) is 18.3 Å². The number of amidine groups is 1. The number of nitrogens with zero attached hydrogens (tertiary/aromatic N) is 3. The molecule has 0 unspecified atom stereocenters. The van der Waals surface area contributed by atoms with Gasteiger partial charge in [0.2, 0.25) is 0 Å². The van der Waals surface area contributed by atoms with Gasteiger partial charge in [-0.2, -0.15) is 0 Å². The second kappa shape index (κ2) is 8.27. The van der Waals surface area contributed by atoms with Gasteiger partial charge in [0, 0.05) is 41.2 Å². The van der Waals surface area contributed by atoms with Gasteiger partial charge in [0.25, 0.3) is 0 Å². The van der Waals surface area contributed by atoms with Crippen molar-refractivity contribution in [1.82, 2.24) is 9.88 Å². The number of hydrogen-bond donors (Lipinski definition) is 3. The summed E-state index contributed by atoms with van der Waals surface area (Å²) in [6.07, 6.45) is 5.01. The van der Waals surface area contributed by atoms with Gasteiger partial charge in [0.1, 0.15) is 5.82 Å². The Labute approximate surface area is 175 Å². The fraction of sp³-hybridized carbons (Fsp3) is 0.167. The zero-order valence-electron chi connectivity index (χ0n) is 16.8. The van der Waals surface area contributed by atoms with E-state index in [0.717, 1.165) is 41.4 Å². The Hall–Kier alpha value is -3.82. The molecule has 0 fully saturated rings. The average molecular weight is 397 g/mol. The molecule has 1 aliphatic rings. The van der Waals surface area contributed by atoms with E-state index in [9.17, 15) is 0 Å². The average Bonchev–Trinajstić information content (AvgIpc) is 2.78.